The third-order valence-corrected chi connectivity index (χ3v) is 6.16. The standard InChI is InChI=1S/C21H13F3N4O2S/c22-21(23,24)16-2-1-3-17(12-16)31(29,30)18-13-27-20(15-6-10-26-11-7-15)28-19(18)14-4-8-25-9-5-14/h1-13H. The van der Waals surface area contributed by atoms with E-state index in [2.05, 4.69) is 19.9 Å². The second kappa shape index (κ2) is 7.88. The largest absolute Gasteiger partial charge is 0.416 e. The highest BCUT2D eigenvalue weighted by Gasteiger charge is 2.33. The molecule has 10 heteroatoms. The van der Waals surface area contributed by atoms with Crippen molar-refractivity contribution in [3.63, 3.8) is 0 Å². The van der Waals surface area contributed by atoms with Gasteiger partial charge in [-0.25, -0.2) is 18.4 Å². The molecule has 31 heavy (non-hydrogen) atoms. The van der Waals surface area contributed by atoms with Crippen LogP contribution < -0.4 is 0 Å². The molecule has 0 aliphatic heterocycles. The van der Waals surface area contributed by atoms with Crippen molar-refractivity contribution in [1.82, 2.24) is 19.9 Å². The summed E-state index contributed by atoms with van der Waals surface area (Å²) in [5, 5.41) is 0. The summed E-state index contributed by atoms with van der Waals surface area (Å²) in [7, 11) is -4.36. The van der Waals surface area contributed by atoms with Crippen LogP contribution >= 0.6 is 0 Å². The van der Waals surface area contributed by atoms with Gasteiger partial charge in [0.05, 0.1) is 22.3 Å². The van der Waals surface area contributed by atoms with E-state index in [0.29, 0.717) is 17.2 Å². The monoisotopic (exact) mass is 442 g/mol. The lowest BCUT2D eigenvalue weighted by Gasteiger charge is -2.13. The van der Waals surface area contributed by atoms with Gasteiger partial charge < -0.3 is 0 Å². The SMILES string of the molecule is O=S(=O)(c1cccc(C(F)(F)F)c1)c1cnc(-c2ccncc2)nc1-c1ccncc1. The van der Waals surface area contributed by atoms with E-state index in [9.17, 15) is 21.6 Å². The minimum Gasteiger partial charge on any atom is -0.265 e. The maximum Gasteiger partial charge on any atom is 0.416 e. The van der Waals surface area contributed by atoms with Gasteiger partial charge in [0.25, 0.3) is 0 Å². The zero-order valence-electron chi connectivity index (χ0n) is 15.7. The Labute approximate surface area is 175 Å². The molecule has 0 saturated heterocycles. The number of hydrogen-bond acceptors (Lipinski definition) is 6. The minimum atomic E-state index is -4.68. The number of rotatable bonds is 4. The Morgan fingerprint density at radius 1 is 0.806 bits per heavy atom. The van der Waals surface area contributed by atoms with Gasteiger partial charge in [-0.1, -0.05) is 6.07 Å². The van der Waals surface area contributed by atoms with Crippen molar-refractivity contribution in [3.8, 4) is 22.6 Å². The number of nitrogens with zero attached hydrogens (tertiary/aromatic N) is 4. The van der Waals surface area contributed by atoms with Crippen molar-refractivity contribution >= 4 is 9.84 Å². The second-order valence-electron chi connectivity index (χ2n) is 6.41. The van der Waals surface area contributed by atoms with Crippen LogP contribution in [-0.2, 0) is 16.0 Å². The summed E-state index contributed by atoms with van der Waals surface area (Å²) in [4.78, 5) is 15.6. The fourth-order valence-electron chi connectivity index (χ4n) is 2.89. The average Bonchev–Trinajstić information content (AvgIpc) is 2.79. The minimum absolute atomic E-state index is 0.0571. The van der Waals surface area contributed by atoms with Gasteiger partial charge in [-0.15, -0.1) is 0 Å². The van der Waals surface area contributed by atoms with Gasteiger partial charge in [0.1, 0.15) is 4.90 Å². The first-order valence-electron chi connectivity index (χ1n) is 8.87. The molecule has 3 heterocycles. The summed E-state index contributed by atoms with van der Waals surface area (Å²) in [6.45, 7) is 0. The van der Waals surface area contributed by atoms with Crippen molar-refractivity contribution < 1.29 is 21.6 Å². The fourth-order valence-corrected chi connectivity index (χ4v) is 4.29. The topological polar surface area (TPSA) is 85.7 Å². The summed E-state index contributed by atoms with van der Waals surface area (Å²) < 4.78 is 65.9. The third kappa shape index (κ3) is 4.15. The zero-order chi connectivity index (χ0) is 22.1. The van der Waals surface area contributed by atoms with Crippen molar-refractivity contribution in [2.24, 2.45) is 0 Å². The second-order valence-corrected chi connectivity index (χ2v) is 8.33. The van der Waals surface area contributed by atoms with Crippen molar-refractivity contribution in [1.29, 1.82) is 0 Å². The highest BCUT2D eigenvalue weighted by molar-refractivity contribution is 7.91. The van der Waals surface area contributed by atoms with Crippen molar-refractivity contribution in [2.75, 3.05) is 0 Å². The number of pyridine rings is 2. The first-order chi connectivity index (χ1) is 14.8. The number of alkyl halides is 3. The van der Waals surface area contributed by atoms with Gasteiger partial charge in [0, 0.05) is 35.9 Å². The Morgan fingerprint density at radius 3 is 2.03 bits per heavy atom. The van der Waals surface area contributed by atoms with E-state index in [1.165, 1.54) is 24.8 Å². The average molecular weight is 442 g/mol. The Balaban J connectivity index is 1.92. The first kappa shape index (κ1) is 20.6. The summed E-state index contributed by atoms with van der Waals surface area (Å²) in [5.74, 6) is 0.247. The molecule has 0 saturated carbocycles. The molecule has 1 aromatic carbocycles. The van der Waals surface area contributed by atoms with Crippen LogP contribution in [0, 0.1) is 0 Å². The molecule has 6 nitrogen and oxygen atoms in total. The van der Waals surface area contributed by atoms with Crippen LogP contribution in [-0.4, -0.2) is 28.4 Å². The molecular formula is C21H13F3N4O2S. The van der Waals surface area contributed by atoms with E-state index < -0.39 is 26.5 Å². The molecule has 4 rings (SSSR count). The molecule has 0 amide bonds. The molecule has 0 aliphatic rings. The molecule has 0 bridgehead atoms. The fraction of sp³-hybridized carbons (Fsp3) is 0.0476. The lowest BCUT2D eigenvalue weighted by atomic mass is 10.2. The summed E-state index contributed by atoms with van der Waals surface area (Å²) in [6.07, 6.45) is 2.43. The molecular weight excluding hydrogens is 429 g/mol. The van der Waals surface area contributed by atoms with Gasteiger partial charge in [0.15, 0.2) is 5.82 Å². The van der Waals surface area contributed by atoms with Crippen LogP contribution in [0.3, 0.4) is 0 Å². The number of aromatic nitrogens is 4. The Bertz CT molecular complexity index is 1330. The Hall–Kier alpha value is -3.66. The molecule has 0 fully saturated rings. The van der Waals surface area contributed by atoms with Gasteiger partial charge in [-0.2, -0.15) is 13.2 Å². The molecule has 0 radical (unpaired) electrons. The van der Waals surface area contributed by atoms with Crippen LogP contribution in [0.5, 0.6) is 0 Å². The maximum absolute atomic E-state index is 13.3. The summed E-state index contributed by atoms with van der Waals surface area (Å²) >= 11 is 0. The molecule has 0 unspecified atom stereocenters. The van der Waals surface area contributed by atoms with Gasteiger partial charge in [0.2, 0.25) is 9.84 Å². The maximum atomic E-state index is 13.3. The van der Waals surface area contributed by atoms with E-state index in [-0.39, 0.29) is 16.4 Å². The number of hydrogen-bond donors (Lipinski definition) is 0. The third-order valence-electron chi connectivity index (χ3n) is 4.41. The molecule has 0 spiro atoms. The van der Waals surface area contributed by atoms with E-state index in [0.717, 1.165) is 24.4 Å². The Kier molecular flexibility index (Phi) is 5.24. The quantitative estimate of drug-likeness (QED) is 0.464. The molecule has 156 valence electrons. The van der Waals surface area contributed by atoms with E-state index in [1.807, 2.05) is 0 Å². The molecule has 0 atom stereocenters. The lowest BCUT2D eigenvalue weighted by molar-refractivity contribution is -0.137. The normalized spacial score (nSPS) is 12.0. The molecule has 4 aromatic rings. The number of halogens is 3. The van der Waals surface area contributed by atoms with E-state index in [4.69, 9.17) is 0 Å². The molecule has 0 N–H and O–H groups in total. The predicted octanol–water partition coefficient (Wildman–Crippen LogP) is 4.45. The van der Waals surface area contributed by atoms with Crippen LogP contribution in [0.4, 0.5) is 13.2 Å². The van der Waals surface area contributed by atoms with Gasteiger partial charge >= 0.3 is 6.18 Å². The first-order valence-corrected chi connectivity index (χ1v) is 10.4. The van der Waals surface area contributed by atoms with Gasteiger partial charge in [-0.05, 0) is 42.5 Å². The van der Waals surface area contributed by atoms with Crippen LogP contribution in [0.25, 0.3) is 22.6 Å². The summed E-state index contributed by atoms with van der Waals surface area (Å²) in [6, 6.07) is 10.0. The Morgan fingerprint density at radius 2 is 1.42 bits per heavy atom. The lowest BCUT2D eigenvalue weighted by Crippen LogP contribution is -2.10. The van der Waals surface area contributed by atoms with Gasteiger partial charge in [-0.3, -0.25) is 9.97 Å². The van der Waals surface area contributed by atoms with Crippen molar-refractivity contribution in [2.45, 2.75) is 16.0 Å². The predicted molar refractivity (Wildman–Crippen MR) is 105 cm³/mol. The van der Waals surface area contributed by atoms with Crippen LogP contribution in [0.15, 0.2) is 89.3 Å². The molecule has 0 aliphatic carbocycles. The van der Waals surface area contributed by atoms with Crippen LogP contribution in [0.1, 0.15) is 5.56 Å². The summed E-state index contributed by atoms with van der Waals surface area (Å²) in [5.41, 5.74) is 0.0292. The highest BCUT2D eigenvalue weighted by atomic mass is 32.2. The van der Waals surface area contributed by atoms with Crippen LogP contribution in [0.2, 0.25) is 0 Å². The zero-order valence-corrected chi connectivity index (χ0v) is 16.5. The number of benzene rings is 1. The highest BCUT2D eigenvalue weighted by Crippen LogP contribution is 2.34. The van der Waals surface area contributed by atoms with Crippen molar-refractivity contribution in [3.05, 3.63) is 85.1 Å². The molecule has 3 aromatic heterocycles. The number of sulfone groups is 1. The smallest absolute Gasteiger partial charge is 0.265 e. The van der Waals surface area contributed by atoms with E-state index in [1.54, 1.807) is 24.3 Å². The van der Waals surface area contributed by atoms with E-state index >= 15 is 0 Å².